The number of benzene rings is 2. The molecular formula is C54H65N19O4. The summed E-state index contributed by atoms with van der Waals surface area (Å²) in [5.74, 6) is 2.91. The summed E-state index contributed by atoms with van der Waals surface area (Å²) in [6.07, 6.45) is 16.8. The minimum absolute atomic E-state index is 0.125. The van der Waals surface area contributed by atoms with Gasteiger partial charge in [0.05, 0.1) is 59.6 Å². The van der Waals surface area contributed by atoms with Gasteiger partial charge in [-0.25, -0.2) is 14.6 Å². The van der Waals surface area contributed by atoms with Gasteiger partial charge in [0, 0.05) is 88.5 Å². The van der Waals surface area contributed by atoms with Crippen LogP contribution in [0, 0.1) is 0 Å². The second-order valence-electron chi connectivity index (χ2n) is 20.5. The second-order valence-corrected chi connectivity index (χ2v) is 20.5. The maximum atomic E-state index is 15.0. The van der Waals surface area contributed by atoms with E-state index in [-0.39, 0.29) is 24.4 Å². The van der Waals surface area contributed by atoms with Crippen molar-refractivity contribution in [3.8, 4) is 22.8 Å². The zero-order chi connectivity index (χ0) is 52.1. The van der Waals surface area contributed by atoms with Gasteiger partial charge in [0.2, 0.25) is 23.8 Å². The first-order chi connectivity index (χ1) is 37.8. The van der Waals surface area contributed by atoms with Crippen molar-refractivity contribution in [3.05, 3.63) is 97.6 Å². The SMILES string of the molecule is NCCCNc1nc(-c2ccc(N(C(=O)Nc3cccnc3)N(C(=O)Nc3cccnc3)c3ccc(-c4nc(NN5CCN(C6CCCC6)CC5)nc(N5CC6CCC(C5)O6)n4)cc3)cc2)nc(N2CC3CCC(C2)O3)n1. The quantitative estimate of drug-likeness (QED) is 0.0563. The van der Waals surface area contributed by atoms with Crippen molar-refractivity contribution in [3.63, 3.8) is 0 Å². The number of hydrazine groups is 2. The van der Waals surface area contributed by atoms with Gasteiger partial charge in [-0.1, -0.05) is 12.8 Å². The number of nitrogens with one attached hydrogen (secondary N) is 4. The zero-order valence-electron chi connectivity index (χ0n) is 43.0. The summed E-state index contributed by atoms with van der Waals surface area (Å²) >= 11 is 0. The third-order valence-corrected chi connectivity index (χ3v) is 15.1. The summed E-state index contributed by atoms with van der Waals surface area (Å²) in [5.41, 5.74) is 12.3. The fraction of sp³-hybridized carbons (Fsp3) is 0.444. The Hall–Kier alpha value is -7.70. The fourth-order valence-corrected chi connectivity index (χ4v) is 11.2. The topological polar surface area (TPSA) is 249 Å². The van der Waals surface area contributed by atoms with E-state index >= 15 is 0 Å². The molecule has 1 aliphatic carbocycles. The molecule has 0 radical (unpaired) electrons. The van der Waals surface area contributed by atoms with Crippen LogP contribution in [-0.4, -0.2) is 158 Å². The van der Waals surface area contributed by atoms with E-state index in [0.717, 1.165) is 58.3 Å². The molecule has 0 spiro atoms. The maximum absolute atomic E-state index is 15.0. The van der Waals surface area contributed by atoms with Gasteiger partial charge in [-0.2, -0.15) is 39.9 Å². The molecule has 4 bridgehead atoms. The molecular weight excluding hydrogens is 979 g/mol. The normalized spacial score (nSPS) is 21.5. The summed E-state index contributed by atoms with van der Waals surface area (Å²) in [6.45, 7) is 7.50. The molecule has 9 heterocycles. The molecule has 4 atom stereocenters. The van der Waals surface area contributed by atoms with Crippen molar-refractivity contribution in [2.75, 3.05) is 107 Å². The number of nitrogens with two attached hydrogens (primary N) is 1. The highest BCUT2D eigenvalue weighted by molar-refractivity contribution is 6.13. The van der Waals surface area contributed by atoms with Crippen molar-refractivity contribution in [1.82, 2.24) is 49.8 Å². The van der Waals surface area contributed by atoms with E-state index in [1.54, 1.807) is 60.9 Å². The lowest BCUT2D eigenvalue weighted by Gasteiger charge is -2.38. The van der Waals surface area contributed by atoms with Crippen LogP contribution in [0.4, 0.5) is 56.1 Å². The maximum Gasteiger partial charge on any atom is 0.345 e. The van der Waals surface area contributed by atoms with Gasteiger partial charge >= 0.3 is 12.1 Å². The van der Waals surface area contributed by atoms with Crippen LogP contribution in [0.25, 0.3) is 22.8 Å². The standard InChI is InChI=1S/C54H65N19O4/c55-22-5-25-58-49-61-47(63-51(65-49)69-32-43-18-19-44(33-69)76-43)36-10-14-41(15-11-36)72(53(74)59-38-6-3-23-56-30-38)73(54(75)60-39-7-4-24-57-31-39)42-16-12-37(13-17-42)48-62-50(66-52(64-48)70-34-45-20-21-46(35-70)77-45)67-71-28-26-68(27-29-71)40-8-1-2-9-40/h3-4,6-7,10-17,23-24,30-31,40,43-46H,1-2,5,8-9,18-22,25-29,32-35,55H2,(H,59,74)(H,60,75)(H,58,61,63,65)(H,62,64,66,67). The first-order valence-corrected chi connectivity index (χ1v) is 27.1. The van der Waals surface area contributed by atoms with E-state index in [4.69, 9.17) is 45.1 Å². The van der Waals surface area contributed by atoms with Crippen LogP contribution in [0.15, 0.2) is 97.6 Å². The molecule has 5 aliphatic heterocycles. The number of morpholine rings is 2. The Kier molecular flexibility index (Phi) is 14.9. The average Bonchev–Trinajstić information content (AvgIpc) is 4.24. The van der Waals surface area contributed by atoms with E-state index in [9.17, 15) is 9.59 Å². The number of urea groups is 2. The van der Waals surface area contributed by atoms with Gasteiger partial charge in [0.25, 0.3) is 0 Å². The molecule has 1 saturated carbocycles. The van der Waals surface area contributed by atoms with Gasteiger partial charge < -0.3 is 41.0 Å². The van der Waals surface area contributed by atoms with Crippen LogP contribution < -0.4 is 46.9 Å². The highest BCUT2D eigenvalue weighted by atomic mass is 16.5. The number of hydrogen-bond donors (Lipinski definition) is 5. The fourth-order valence-electron chi connectivity index (χ4n) is 11.2. The molecule has 6 aromatic rings. The number of hydrogen-bond acceptors (Lipinski definition) is 19. The molecule has 5 saturated heterocycles. The number of ether oxygens (including phenoxy) is 2. The number of piperazine rings is 1. The Morgan fingerprint density at radius 2 is 1.06 bits per heavy atom. The van der Waals surface area contributed by atoms with Crippen molar-refractivity contribution >= 4 is 58.6 Å². The van der Waals surface area contributed by atoms with E-state index < -0.39 is 12.1 Å². The summed E-state index contributed by atoms with van der Waals surface area (Å²) < 4.78 is 12.3. The molecule has 4 unspecified atom stereocenters. The molecule has 400 valence electrons. The first-order valence-electron chi connectivity index (χ1n) is 27.1. The third kappa shape index (κ3) is 11.7. The van der Waals surface area contributed by atoms with E-state index in [1.807, 2.05) is 24.3 Å². The Balaban J connectivity index is 0.881. The summed E-state index contributed by atoms with van der Waals surface area (Å²) in [4.78, 5) is 75.0. The molecule has 6 aliphatic rings. The number of nitrogens with zero attached hydrogens (tertiary/aromatic N) is 14. The highest BCUT2D eigenvalue weighted by Crippen LogP contribution is 2.34. The number of rotatable bonds is 15. The molecule has 23 heteroatoms. The van der Waals surface area contributed by atoms with Crippen molar-refractivity contribution in [2.24, 2.45) is 5.73 Å². The number of amides is 4. The van der Waals surface area contributed by atoms with Crippen molar-refractivity contribution in [1.29, 1.82) is 0 Å². The van der Waals surface area contributed by atoms with E-state index in [0.29, 0.717) is 115 Å². The molecule has 77 heavy (non-hydrogen) atoms. The van der Waals surface area contributed by atoms with Gasteiger partial charge in [-0.15, -0.1) is 0 Å². The van der Waals surface area contributed by atoms with Gasteiger partial charge in [-0.05, 0) is 124 Å². The van der Waals surface area contributed by atoms with Crippen LogP contribution in [0.1, 0.15) is 57.8 Å². The number of pyridine rings is 2. The molecule has 4 amide bonds. The Morgan fingerprint density at radius 3 is 1.53 bits per heavy atom. The lowest BCUT2D eigenvalue weighted by atomic mass is 10.1. The summed E-state index contributed by atoms with van der Waals surface area (Å²) in [5, 5.41) is 14.0. The van der Waals surface area contributed by atoms with Crippen LogP contribution in [0.5, 0.6) is 0 Å². The molecule has 4 aromatic heterocycles. The minimum Gasteiger partial charge on any atom is -0.371 e. The predicted molar refractivity (Wildman–Crippen MR) is 293 cm³/mol. The highest BCUT2D eigenvalue weighted by Gasteiger charge is 2.37. The van der Waals surface area contributed by atoms with Crippen LogP contribution >= 0.6 is 0 Å². The smallest absolute Gasteiger partial charge is 0.345 e. The number of carbonyl (C=O) groups is 2. The van der Waals surface area contributed by atoms with Crippen molar-refractivity contribution in [2.45, 2.75) is 88.2 Å². The van der Waals surface area contributed by atoms with Gasteiger partial charge in [-0.3, -0.25) is 20.3 Å². The van der Waals surface area contributed by atoms with Gasteiger partial charge in [0.15, 0.2) is 11.6 Å². The molecule has 6 fully saturated rings. The Morgan fingerprint density at radius 1 is 0.584 bits per heavy atom. The number of fused-ring (bicyclic) bond motifs is 4. The number of carbonyl (C=O) groups excluding carboxylic acids is 2. The first kappa shape index (κ1) is 50.1. The Bertz CT molecular complexity index is 2940. The van der Waals surface area contributed by atoms with Crippen molar-refractivity contribution < 1.29 is 19.1 Å². The van der Waals surface area contributed by atoms with Crippen LogP contribution in [-0.2, 0) is 9.47 Å². The zero-order valence-corrected chi connectivity index (χ0v) is 43.0. The number of anilines is 8. The molecule has 12 rings (SSSR count). The van der Waals surface area contributed by atoms with Gasteiger partial charge in [0.1, 0.15) is 0 Å². The predicted octanol–water partition coefficient (Wildman–Crippen LogP) is 6.26. The average molecular weight is 1040 g/mol. The lowest BCUT2D eigenvalue weighted by Crippen LogP contribution is -2.54. The Labute approximate surface area is 447 Å². The minimum atomic E-state index is -0.645. The number of aromatic nitrogens is 8. The second kappa shape index (κ2) is 22.9. The molecule has 6 N–H and O–H groups in total. The third-order valence-electron chi connectivity index (χ3n) is 15.1. The van der Waals surface area contributed by atoms with Crippen LogP contribution in [0.3, 0.4) is 0 Å². The largest absolute Gasteiger partial charge is 0.371 e. The molecule has 2 aromatic carbocycles. The van der Waals surface area contributed by atoms with E-state index in [2.05, 4.69) is 51.1 Å². The monoisotopic (exact) mass is 1040 g/mol. The van der Waals surface area contributed by atoms with E-state index in [1.165, 1.54) is 48.1 Å². The summed E-state index contributed by atoms with van der Waals surface area (Å²) in [6, 6.07) is 20.7. The lowest BCUT2D eigenvalue weighted by molar-refractivity contribution is 0.0297. The van der Waals surface area contributed by atoms with Crippen LogP contribution in [0.2, 0.25) is 0 Å². The molecule has 23 nitrogen and oxygen atoms in total. The summed E-state index contributed by atoms with van der Waals surface area (Å²) in [7, 11) is 0.